The van der Waals surface area contributed by atoms with Gasteiger partial charge in [-0.25, -0.2) is 0 Å². The molecule has 0 spiro atoms. The van der Waals surface area contributed by atoms with Gasteiger partial charge >= 0.3 is 0 Å². The Hall–Kier alpha value is -4.96. The summed E-state index contributed by atoms with van der Waals surface area (Å²) in [4.78, 5) is 0. The van der Waals surface area contributed by atoms with Gasteiger partial charge in [-0.15, -0.1) is 22.7 Å². The zero-order valence-electron chi connectivity index (χ0n) is 23.0. The van der Waals surface area contributed by atoms with E-state index in [9.17, 15) is 0 Å². The third kappa shape index (κ3) is 3.21. The number of aromatic nitrogens is 1. The van der Waals surface area contributed by atoms with Gasteiger partial charge < -0.3 is 4.57 Å². The first-order valence-electron chi connectivity index (χ1n) is 14.6. The zero-order valence-corrected chi connectivity index (χ0v) is 24.7. The maximum Gasteiger partial charge on any atom is 0.0737 e. The van der Waals surface area contributed by atoms with Crippen LogP contribution in [0.2, 0.25) is 0 Å². The summed E-state index contributed by atoms with van der Waals surface area (Å²) in [6.07, 6.45) is 0. The van der Waals surface area contributed by atoms with Crippen LogP contribution in [-0.4, -0.2) is 4.57 Å². The maximum atomic E-state index is 2.61. The van der Waals surface area contributed by atoms with Crippen molar-refractivity contribution in [1.29, 1.82) is 0 Å². The number of hydrogen-bond donors (Lipinski definition) is 0. The van der Waals surface area contributed by atoms with Gasteiger partial charge in [-0.1, -0.05) is 121 Å². The molecule has 0 saturated heterocycles. The van der Waals surface area contributed by atoms with Crippen LogP contribution >= 0.6 is 22.7 Å². The predicted octanol–water partition coefficient (Wildman–Crippen LogP) is 12.3. The lowest BCUT2D eigenvalue weighted by Crippen LogP contribution is -1.99. The van der Waals surface area contributed by atoms with Crippen LogP contribution in [0.3, 0.4) is 0 Å². The molecule has 0 amide bonds. The second kappa shape index (κ2) is 8.78. The Balaban J connectivity index is 1.44. The van der Waals surface area contributed by atoms with Crippen molar-refractivity contribution in [2.45, 2.75) is 0 Å². The molecule has 3 heteroatoms. The SMILES string of the molecule is c1ccc2cc(-c3c4ccccc4c(-n4c5c6ccccc6sc5c5sc6ccccc6c54)c4ccccc34)ccc2c1. The summed E-state index contributed by atoms with van der Waals surface area (Å²) in [7, 11) is 0. The summed E-state index contributed by atoms with van der Waals surface area (Å²) < 4.78 is 8.04. The number of rotatable bonds is 2. The molecule has 0 radical (unpaired) electrons. The fraction of sp³-hybridized carbons (Fsp3) is 0. The molecule has 0 saturated carbocycles. The smallest absolute Gasteiger partial charge is 0.0737 e. The molecular formula is C40H23NS2. The summed E-state index contributed by atoms with van der Waals surface area (Å²) in [5, 5.41) is 10.3. The zero-order chi connectivity index (χ0) is 28.1. The van der Waals surface area contributed by atoms with E-state index in [0.717, 1.165) is 0 Å². The van der Waals surface area contributed by atoms with Gasteiger partial charge in [0.1, 0.15) is 0 Å². The van der Waals surface area contributed by atoms with Crippen molar-refractivity contribution < 1.29 is 0 Å². The Morgan fingerprint density at radius 2 is 0.860 bits per heavy atom. The van der Waals surface area contributed by atoms with E-state index in [1.165, 1.54) is 89.7 Å². The Morgan fingerprint density at radius 1 is 0.395 bits per heavy atom. The third-order valence-corrected chi connectivity index (χ3v) is 11.4. The van der Waals surface area contributed by atoms with Crippen LogP contribution in [0, 0.1) is 0 Å². The molecule has 200 valence electrons. The van der Waals surface area contributed by atoms with Gasteiger partial charge in [0.25, 0.3) is 0 Å². The van der Waals surface area contributed by atoms with Crippen molar-refractivity contribution in [3.8, 4) is 16.8 Å². The highest BCUT2D eigenvalue weighted by Crippen LogP contribution is 2.51. The Kier molecular flexibility index (Phi) is 4.81. The average molecular weight is 582 g/mol. The number of fused-ring (bicyclic) bond motifs is 10. The van der Waals surface area contributed by atoms with E-state index >= 15 is 0 Å². The van der Waals surface area contributed by atoms with Gasteiger partial charge in [0, 0.05) is 30.9 Å². The number of hydrogen-bond acceptors (Lipinski definition) is 2. The molecule has 0 fully saturated rings. The molecule has 0 N–H and O–H groups in total. The van der Waals surface area contributed by atoms with E-state index < -0.39 is 0 Å². The van der Waals surface area contributed by atoms with Gasteiger partial charge in [0.05, 0.1) is 26.1 Å². The molecule has 0 atom stereocenters. The minimum absolute atomic E-state index is 1.25. The molecule has 10 rings (SSSR count). The number of thiophene rings is 2. The normalized spacial score (nSPS) is 12.2. The highest BCUT2D eigenvalue weighted by Gasteiger charge is 2.25. The Labute approximate surface area is 255 Å². The first kappa shape index (κ1) is 23.6. The summed E-state index contributed by atoms with van der Waals surface area (Å²) in [6.45, 7) is 0. The highest BCUT2D eigenvalue weighted by atomic mass is 32.1. The molecule has 0 aliphatic rings. The van der Waals surface area contributed by atoms with E-state index in [1.54, 1.807) is 0 Å². The fourth-order valence-electron chi connectivity index (χ4n) is 7.15. The molecule has 43 heavy (non-hydrogen) atoms. The van der Waals surface area contributed by atoms with E-state index in [4.69, 9.17) is 0 Å². The van der Waals surface area contributed by atoms with Crippen molar-refractivity contribution in [1.82, 2.24) is 4.57 Å². The summed E-state index contributed by atoms with van der Waals surface area (Å²) in [6, 6.07) is 51.4. The van der Waals surface area contributed by atoms with Crippen molar-refractivity contribution in [3.63, 3.8) is 0 Å². The van der Waals surface area contributed by atoms with Crippen LogP contribution in [0.25, 0.3) is 89.7 Å². The van der Waals surface area contributed by atoms with Crippen LogP contribution in [0.15, 0.2) is 140 Å². The summed E-state index contributed by atoms with van der Waals surface area (Å²) >= 11 is 3.85. The minimum atomic E-state index is 1.25. The third-order valence-electron chi connectivity index (χ3n) is 8.96. The largest absolute Gasteiger partial charge is 0.305 e. The topological polar surface area (TPSA) is 4.93 Å². The fourth-order valence-corrected chi connectivity index (χ4v) is 9.66. The van der Waals surface area contributed by atoms with Crippen LogP contribution in [0.1, 0.15) is 0 Å². The lowest BCUT2D eigenvalue weighted by Gasteiger charge is -2.19. The minimum Gasteiger partial charge on any atom is -0.305 e. The second-order valence-corrected chi connectivity index (χ2v) is 13.4. The average Bonchev–Trinajstić information content (AvgIpc) is 3.72. The second-order valence-electron chi connectivity index (χ2n) is 11.3. The molecule has 10 aromatic rings. The van der Waals surface area contributed by atoms with Crippen LogP contribution < -0.4 is 0 Å². The molecule has 7 aromatic carbocycles. The van der Waals surface area contributed by atoms with Crippen molar-refractivity contribution in [2.24, 2.45) is 0 Å². The van der Waals surface area contributed by atoms with Crippen LogP contribution in [0.4, 0.5) is 0 Å². The molecule has 0 unspecified atom stereocenters. The van der Waals surface area contributed by atoms with E-state index in [2.05, 4.69) is 144 Å². The molecule has 1 nitrogen and oxygen atoms in total. The van der Waals surface area contributed by atoms with E-state index in [0.29, 0.717) is 0 Å². The maximum absolute atomic E-state index is 2.61. The molecular weight excluding hydrogens is 559 g/mol. The van der Waals surface area contributed by atoms with Gasteiger partial charge in [-0.05, 0) is 50.9 Å². The predicted molar refractivity (Wildman–Crippen MR) is 190 cm³/mol. The van der Waals surface area contributed by atoms with E-state index in [1.807, 2.05) is 22.7 Å². The molecule has 0 aliphatic heterocycles. The van der Waals surface area contributed by atoms with Crippen molar-refractivity contribution in [2.75, 3.05) is 0 Å². The van der Waals surface area contributed by atoms with Gasteiger partial charge in [-0.3, -0.25) is 0 Å². The lowest BCUT2D eigenvalue weighted by atomic mass is 9.89. The van der Waals surface area contributed by atoms with Crippen LogP contribution in [-0.2, 0) is 0 Å². The number of nitrogens with zero attached hydrogens (tertiary/aromatic N) is 1. The molecule has 0 aliphatic carbocycles. The van der Waals surface area contributed by atoms with Gasteiger partial charge in [0.2, 0.25) is 0 Å². The molecule has 0 bridgehead atoms. The lowest BCUT2D eigenvalue weighted by molar-refractivity contribution is 1.23. The quantitative estimate of drug-likeness (QED) is 0.179. The van der Waals surface area contributed by atoms with Gasteiger partial charge in [-0.2, -0.15) is 0 Å². The Bertz CT molecular complexity index is 2590. The first-order chi connectivity index (χ1) is 21.3. The van der Waals surface area contributed by atoms with E-state index in [-0.39, 0.29) is 0 Å². The Morgan fingerprint density at radius 3 is 1.44 bits per heavy atom. The summed E-state index contributed by atoms with van der Waals surface area (Å²) in [5.41, 5.74) is 6.46. The number of benzene rings is 7. The van der Waals surface area contributed by atoms with Crippen molar-refractivity contribution >= 4 is 95.6 Å². The van der Waals surface area contributed by atoms with Crippen LogP contribution in [0.5, 0.6) is 0 Å². The molecule has 3 heterocycles. The van der Waals surface area contributed by atoms with Crippen molar-refractivity contribution in [3.05, 3.63) is 140 Å². The monoisotopic (exact) mass is 581 g/mol. The highest BCUT2D eigenvalue weighted by molar-refractivity contribution is 7.33. The van der Waals surface area contributed by atoms with Gasteiger partial charge in [0.15, 0.2) is 0 Å². The summed E-state index contributed by atoms with van der Waals surface area (Å²) in [5.74, 6) is 0. The standard InChI is InChI=1S/C40H23NS2/c1-2-12-25-23-26(22-21-24(25)11-1)35-27-13-3-5-15-29(27)36(30-16-6-4-14-28(30)35)41-37-31-17-7-9-19-33(31)42-39(37)40-38(41)32-18-8-10-20-34(32)43-40/h1-23H. The molecule has 3 aromatic heterocycles. The first-order valence-corrected chi connectivity index (χ1v) is 16.2.